The molecule has 1 N–H and O–H groups in total. The summed E-state index contributed by atoms with van der Waals surface area (Å²) in [7, 11) is 0. The fourth-order valence-corrected chi connectivity index (χ4v) is 3.21. The van der Waals surface area contributed by atoms with E-state index in [4.69, 9.17) is 4.74 Å². The number of hydrogen-bond donors (Lipinski definition) is 1. The van der Waals surface area contributed by atoms with Gasteiger partial charge in [0.25, 0.3) is 5.82 Å². The van der Waals surface area contributed by atoms with Crippen LogP contribution in [-0.4, -0.2) is 22.4 Å². The lowest BCUT2D eigenvalue weighted by atomic mass is 10.2. The van der Waals surface area contributed by atoms with Gasteiger partial charge in [0.2, 0.25) is 0 Å². The summed E-state index contributed by atoms with van der Waals surface area (Å²) >= 11 is 0. The molecule has 0 fully saturated rings. The van der Waals surface area contributed by atoms with Gasteiger partial charge in [-0.25, -0.2) is 9.13 Å². The lowest BCUT2D eigenvalue weighted by Crippen LogP contribution is -2.44. The molecule has 0 aliphatic carbocycles. The Morgan fingerprint density at radius 3 is 2.67 bits per heavy atom. The predicted octanol–water partition coefficient (Wildman–Crippen LogP) is 3.01. The first-order valence-electron chi connectivity index (χ1n) is 8.45. The third kappa shape index (κ3) is 3.29. The SMILES string of the molecule is CCn1c(C)[n+](CC(O)COc2cccc(C)c2)c2ccccc21. The molecule has 0 bridgehead atoms. The molecule has 3 aromatic rings. The van der Waals surface area contributed by atoms with E-state index in [0.717, 1.165) is 29.2 Å². The highest BCUT2D eigenvalue weighted by Gasteiger charge is 2.22. The molecule has 4 nitrogen and oxygen atoms in total. The Labute approximate surface area is 142 Å². The second-order valence-corrected chi connectivity index (χ2v) is 6.17. The van der Waals surface area contributed by atoms with E-state index in [9.17, 15) is 5.11 Å². The molecule has 1 heterocycles. The number of benzene rings is 2. The fourth-order valence-electron chi connectivity index (χ4n) is 3.21. The summed E-state index contributed by atoms with van der Waals surface area (Å²) in [5.74, 6) is 1.94. The number of rotatable bonds is 6. The van der Waals surface area contributed by atoms with Crippen LogP contribution in [-0.2, 0) is 13.1 Å². The van der Waals surface area contributed by atoms with E-state index in [-0.39, 0.29) is 6.61 Å². The third-order valence-corrected chi connectivity index (χ3v) is 4.39. The first-order chi connectivity index (χ1) is 11.6. The lowest BCUT2D eigenvalue weighted by molar-refractivity contribution is -0.685. The second-order valence-electron chi connectivity index (χ2n) is 6.17. The largest absolute Gasteiger partial charge is 0.491 e. The van der Waals surface area contributed by atoms with Crippen LogP contribution in [0.2, 0.25) is 0 Å². The zero-order valence-corrected chi connectivity index (χ0v) is 14.6. The number of hydrogen-bond acceptors (Lipinski definition) is 2. The van der Waals surface area contributed by atoms with E-state index < -0.39 is 6.10 Å². The molecule has 24 heavy (non-hydrogen) atoms. The van der Waals surface area contributed by atoms with E-state index in [1.807, 2.05) is 37.3 Å². The number of fused-ring (bicyclic) bond motifs is 1. The highest BCUT2D eigenvalue weighted by Crippen LogP contribution is 2.15. The molecule has 0 amide bonds. The summed E-state index contributed by atoms with van der Waals surface area (Å²) in [4.78, 5) is 0. The summed E-state index contributed by atoms with van der Waals surface area (Å²) < 4.78 is 10.2. The van der Waals surface area contributed by atoms with Crippen molar-refractivity contribution in [3.05, 3.63) is 59.9 Å². The van der Waals surface area contributed by atoms with Crippen LogP contribution in [0.15, 0.2) is 48.5 Å². The highest BCUT2D eigenvalue weighted by atomic mass is 16.5. The molecule has 0 aliphatic heterocycles. The molecule has 0 radical (unpaired) electrons. The third-order valence-electron chi connectivity index (χ3n) is 4.39. The Morgan fingerprint density at radius 1 is 1.12 bits per heavy atom. The van der Waals surface area contributed by atoms with Crippen LogP contribution in [0.25, 0.3) is 11.0 Å². The molecule has 0 saturated heterocycles. The predicted molar refractivity (Wildman–Crippen MR) is 95.2 cm³/mol. The average Bonchev–Trinajstić information content (AvgIpc) is 2.85. The zero-order valence-electron chi connectivity index (χ0n) is 14.6. The van der Waals surface area contributed by atoms with Gasteiger partial charge in [0.1, 0.15) is 25.0 Å². The van der Waals surface area contributed by atoms with Gasteiger partial charge in [-0.1, -0.05) is 24.3 Å². The molecule has 2 aromatic carbocycles. The van der Waals surface area contributed by atoms with E-state index in [1.165, 1.54) is 5.52 Å². The van der Waals surface area contributed by atoms with E-state index in [0.29, 0.717) is 6.54 Å². The Bertz CT molecular complexity index is 839. The quantitative estimate of drug-likeness (QED) is 0.708. The molecule has 0 saturated carbocycles. The van der Waals surface area contributed by atoms with Crippen molar-refractivity contribution in [3.8, 4) is 5.75 Å². The van der Waals surface area contributed by atoms with Gasteiger partial charge in [-0.2, -0.15) is 0 Å². The Hall–Kier alpha value is -2.33. The van der Waals surface area contributed by atoms with Crippen molar-refractivity contribution in [2.45, 2.75) is 40.0 Å². The molecule has 1 atom stereocenters. The van der Waals surface area contributed by atoms with Crippen molar-refractivity contribution in [3.63, 3.8) is 0 Å². The smallest absolute Gasteiger partial charge is 0.254 e. The van der Waals surface area contributed by atoms with Gasteiger partial charge in [-0.3, -0.25) is 0 Å². The number of imidazole rings is 1. The van der Waals surface area contributed by atoms with Crippen LogP contribution in [0, 0.1) is 13.8 Å². The van der Waals surface area contributed by atoms with Crippen LogP contribution in [0.1, 0.15) is 18.3 Å². The van der Waals surface area contributed by atoms with Crippen LogP contribution < -0.4 is 9.30 Å². The summed E-state index contributed by atoms with van der Waals surface area (Å²) in [5.41, 5.74) is 3.49. The Morgan fingerprint density at radius 2 is 1.92 bits per heavy atom. The average molecular weight is 325 g/mol. The molecule has 1 aromatic heterocycles. The summed E-state index contributed by atoms with van der Waals surface area (Å²) in [6, 6.07) is 16.2. The number of aliphatic hydroxyl groups is 1. The van der Waals surface area contributed by atoms with Crippen molar-refractivity contribution in [2.75, 3.05) is 6.61 Å². The van der Waals surface area contributed by atoms with Crippen molar-refractivity contribution >= 4 is 11.0 Å². The van der Waals surface area contributed by atoms with Crippen molar-refractivity contribution in [2.24, 2.45) is 0 Å². The Balaban J connectivity index is 1.76. The fraction of sp³-hybridized carbons (Fsp3) is 0.350. The normalized spacial score (nSPS) is 12.5. The van der Waals surface area contributed by atoms with E-state index >= 15 is 0 Å². The van der Waals surface area contributed by atoms with Gasteiger partial charge in [0, 0.05) is 6.92 Å². The van der Waals surface area contributed by atoms with Gasteiger partial charge in [-0.15, -0.1) is 0 Å². The molecule has 3 rings (SSSR count). The summed E-state index contributed by atoms with van der Waals surface area (Å²) in [5, 5.41) is 10.4. The molecule has 4 heteroatoms. The molecule has 126 valence electrons. The minimum Gasteiger partial charge on any atom is -0.491 e. The number of aryl methyl sites for hydroxylation is 2. The van der Waals surface area contributed by atoms with Crippen LogP contribution in [0.5, 0.6) is 5.75 Å². The van der Waals surface area contributed by atoms with Gasteiger partial charge in [0.15, 0.2) is 11.0 Å². The highest BCUT2D eigenvalue weighted by molar-refractivity contribution is 5.72. The first-order valence-corrected chi connectivity index (χ1v) is 8.45. The lowest BCUT2D eigenvalue weighted by Gasteiger charge is -2.12. The van der Waals surface area contributed by atoms with Gasteiger partial charge >= 0.3 is 0 Å². The van der Waals surface area contributed by atoms with Gasteiger partial charge in [0.05, 0.1) is 6.54 Å². The Kier molecular flexibility index (Phi) is 4.86. The van der Waals surface area contributed by atoms with Crippen LogP contribution in [0.4, 0.5) is 0 Å². The van der Waals surface area contributed by atoms with Gasteiger partial charge < -0.3 is 9.84 Å². The summed E-state index contributed by atoms with van der Waals surface area (Å²) in [6.45, 7) is 7.97. The van der Waals surface area contributed by atoms with E-state index in [2.05, 4.69) is 41.2 Å². The second kappa shape index (κ2) is 7.05. The molecular weight excluding hydrogens is 300 g/mol. The van der Waals surface area contributed by atoms with Crippen molar-refractivity contribution in [1.29, 1.82) is 0 Å². The number of nitrogens with zero attached hydrogens (tertiary/aromatic N) is 2. The van der Waals surface area contributed by atoms with Gasteiger partial charge in [-0.05, 0) is 43.7 Å². The summed E-state index contributed by atoms with van der Waals surface area (Å²) in [6.07, 6.45) is -0.565. The maximum absolute atomic E-state index is 10.4. The minimum absolute atomic E-state index is 0.279. The van der Waals surface area contributed by atoms with Crippen molar-refractivity contribution < 1.29 is 14.4 Å². The monoisotopic (exact) mass is 325 g/mol. The molecule has 1 unspecified atom stereocenters. The van der Waals surface area contributed by atoms with E-state index in [1.54, 1.807) is 0 Å². The zero-order chi connectivity index (χ0) is 17.1. The molecule has 0 spiro atoms. The van der Waals surface area contributed by atoms with Crippen LogP contribution in [0.3, 0.4) is 0 Å². The van der Waals surface area contributed by atoms with Crippen LogP contribution >= 0.6 is 0 Å². The molecule has 0 aliphatic rings. The topological polar surface area (TPSA) is 38.3 Å². The number of aromatic nitrogens is 2. The first kappa shape index (κ1) is 16.5. The number of para-hydroxylation sites is 2. The van der Waals surface area contributed by atoms with Crippen molar-refractivity contribution in [1.82, 2.24) is 4.57 Å². The molecular formula is C20H25N2O2+. The standard InChI is InChI=1S/C20H25N2O2/c1-4-21-16(3)22(20-11-6-5-10-19(20)21)13-17(23)14-24-18-9-7-8-15(2)12-18/h5-12,17,23H,4,13-14H2,1-3H3/q+1. The number of ether oxygens (including phenoxy) is 1. The minimum atomic E-state index is -0.565. The number of aliphatic hydroxyl groups excluding tert-OH is 1. The maximum Gasteiger partial charge on any atom is 0.254 e. The maximum atomic E-state index is 10.4.